The van der Waals surface area contributed by atoms with Crippen LogP contribution in [0.4, 0.5) is 0 Å². The van der Waals surface area contributed by atoms with Crippen molar-refractivity contribution >= 4 is 11.6 Å². The Labute approximate surface area is 188 Å². The summed E-state index contributed by atoms with van der Waals surface area (Å²) in [6.07, 6.45) is -1.64. The molecule has 0 amide bonds. The van der Waals surface area contributed by atoms with E-state index in [2.05, 4.69) is 45.0 Å². The highest BCUT2D eigenvalue weighted by molar-refractivity contribution is 6.32. The van der Waals surface area contributed by atoms with Crippen molar-refractivity contribution in [1.29, 1.82) is 0 Å². The molecule has 2 aliphatic heterocycles. The fourth-order valence-corrected chi connectivity index (χ4v) is 5.05. The molecule has 168 valence electrons. The Kier molecular flexibility index (Phi) is 6.35. The molecular formula is C25H31ClO5. The second kappa shape index (κ2) is 8.72. The molecule has 4 unspecified atom stereocenters. The van der Waals surface area contributed by atoms with Crippen molar-refractivity contribution in [2.45, 2.75) is 69.9 Å². The van der Waals surface area contributed by atoms with Gasteiger partial charge in [-0.3, -0.25) is 0 Å². The molecule has 4 rings (SSSR count). The summed E-state index contributed by atoms with van der Waals surface area (Å²) in [6.45, 7) is 6.54. The highest BCUT2D eigenvalue weighted by atomic mass is 35.5. The Morgan fingerprint density at radius 1 is 1.13 bits per heavy atom. The van der Waals surface area contributed by atoms with Crippen molar-refractivity contribution < 1.29 is 24.8 Å². The molecule has 2 aromatic carbocycles. The standard InChI is InChI=1S/C25H31ClO5/c1-4-14-5-7-15(8-6-14)9-16-10-18(23-20(21(16)26)25(2,3)13-30-23)24-22(29)19(28)11-17(12-27)31-24/h5-8,10,17,19,22,24,27-29H,4,9,11-13H2,1-3H3. The van der Waals surface area contributed by atoms with Crippen LogP contribution in [0.2, 0.25) is 5.02 Å². The lowest BCUT2D eigenvalue weighted by Gasteiger charge is -2.37. The Morgan fingerprint density at radius 3 is 2.45 bits per heavy atom. The molecule has 3 N–H and O–H groups in total. The summed E-state index contributed by atoms with van der Waals surface area (Å²) in [5.74, 6) is 0.620. The number of fused-ring (bicyclic) bond motifs is 1. The predicted octanol–water partition coefficient (Wildman–Crippen LogP) is 3.71. The third kappa shape index (κ3) is 4.22. The van der Waals surface area contributed by atoms with E-state index < -0.39 is 24.4 Å². The average Bonchev–Trinajstić information content (AvgIpc) is 3.08. The zero-order chi connectivity index (χ0) is 22.3. The molecule has 1 fully saturated rings. The number of rotatable bonds is 5. The third-order valence-corrected chi connectivity index (χ3v) is 6.89. The van der Waals surface area contributed by atoms with Gasteiger partial charge >= 0.3 is 0 Å². The summed E-state index contributed by atoms with van der Waals surface area (Å²) in [4.78, 5) is 0. The van der Waals surface area contributed by atoms with Crippen molar-refractivity contribution in [2.75, 3.05) is 13.2 Å². The molecule has 2 aliphatic rings. The van der Waals surface area contributed by atoms with Gasteiger partial charge in [0, 0.05) is 23.0 Å². The lowest BCUT2D eigenvalue weighted by atomic mass is 9.82. The van der Waals surface area contributed by atoms with E-state index in [4.69, 9.17) is 21.1 Å². The van der Waals surface area contributed by atoms with Gasteiger partial charge in [-0.15, -0.1) is 0 Å². The van der Waals surface area contributed by atoms with Gasteiger partial charge in [0.25, 0.3) is 0 Å². The number of aliphatic hydroxyl groups excluding tert-OH is 3. The largest absolute Gasteiger partial charge is 0.492 e. The first-order chi connectivity index (χ1) is 14.7. The topological polar surface area (TPSA) is 79.2 Å². The first-order valence-corrected chi connectivity index (χ1v) is 11.3. The van der Waals surface area contributed by atoms with Crippen LogP contribution in [0.3, 0.4) is 0 Å². The van der Waals surface area contributed by atoms with Gasteiger partial charge in [-0.2, -0.15) is 0 Å². The Hall–Kier alpha value is -1.63. The maximum Gasteiger partial charge on any atom is 0.130 e. The lowest BCUT2D eigenvalue weighted by molar-refractivity contribution is -0.180. The fraction of sp³-hybridized carbons (Fsp3) is 0.520. The van der Waals surface area contributed by atoms with E-state index in [0.29, 0.717) is 29.4 Å². The summed E-state index contributed by atoms with van der Waals surface area (Å²) >= 11 is 6.91. The summed E-state index contributed by atoms with van der Waals surface area (Å²) < 4.78 is 12.0. The predicted molar refractivity (Wildman–Crippen MR) is 120 cm³/mol. The number of hydrogen-bond donors (Lipinski definition) is 3. The van der Waals surface area contributed by atoms with Crippen LogP contribution in [0.15, 0.2) is 30.3 Å². The van der Waals surface area contributed by atoms with Gasteiger partial charge in [-0.1, -0.05) is 56.6 Å². The monoisotopic (exact) mass is 446 g/mol. The number of hydrogen-bond acceptors (Lipinski definition) is 5. The van der Waals surface area contributed by atoms with Crippen LogP contribution in [0.25, 0.3) is 0 Å². The summed E-state index contributed by atoms with van der Waals surface area (Å²) in [5, 5.41) is 31.4. The van der Waals surface area contributed by atoms with Gasteiger partial charge in [0.2, 0.25) is 0 Å². The number of halogens is 1. The quantitative estimate of drug-likeness (QED) is 0.652. The van der Waals surface area contributed by atoms with Crippen molar-refractivity contribution in [3.63, 3.8) is 0 Å². The Balaban J connectivity index is 1.80. The highest BCUT2D eigenvalue weighted by Crippen LogP contribution is 2.50. The first kappa shape index (κ1) is 22.6. The molecule has 4 atom stereocenters. The molecule has 6 heteroatoms. The number of aliphatic hydroxyl groups is 3. The minimum atomic E-state index is -1.11. The van der Waals surface area contributed by atoms with Crippen LogP contribution >= 0.6 is 11.6 Å². The smallest absolute Gasteiger partial charge is 0.130 e. The van der Waals surface area contributed by atoms with Crippen molar-refractivity contribution in [3.05, 3.63) is 63.2 Å². The van der Waals surface area contributed by atoms with Crippen LogP contribution in [0, 0.1) is 0 Å². The van der Waals surface area contributed by atoms with Crippen molar-refractivity contribution in [2.24, 2.45) is 0 Å². The van der Waals surface area contributed by atoms with E-state index in [1.54, 1.807) is 0 Å². The van der Waals surface area contributed by atoms with E-state index in [1.807, 2.05) is 6.07 Å². The van der Waals surface area contributed by atoms with E-state index in [0.717, 1.165) is 23.1 Å². The van der Waals surface area contributed by atoms with Gasteiger partial charge in [-0.05, 0) is 35.6 Å². The van der Waals surface area contributed by atoms with Crippen LogP contribution in [0.5, 0.6) is 5.75 Å². The molecule has 0 aliphatic carbocycles. The highest BCUT2D eigenvalue weighted by Gasteiger charge is 2.43. The van der Waals surface area contributed by atoms with Gasteiger partial charge in [0.05, 0.1) is 30.4 Å². The van der Waals surface area contributed by atoms with Crippen LogP contribution in [-0.2, 0) is 23.0 Å². The van der Waals surface area contributed by atoms with Gasteiger partial charge in [-0.25, -0.2) is 0 Å². The minimum absolute atomic E-state index is 0.187. The number of benzene rings is 2. The van der Waals surface area contributed by atoms with Gasteiger partial charge in [0.15, 0.2) is 0 Å². The molecule has 0 radical (unpaired) electrons. The Bertz CT molecular complexity index is 940. The summed E-state index contributed by atoms with van der Waals surface area (Å²) in [7, 11) is 0. The molecule has 2 heterocycles. The zero-order valence-corrected chi connectivity index (χ0v) is 19.0. The van der Waals surface area contributed by atoms with E-state index in [9.17, 15) is 15.3 Å². The lowest BCUT2D eigenvalue weighted by Crippen LogP contribution is -2.44. The molecule has 0 spiro atoms. The van der Waals surface area contributed by atoms with E-state index >= 15 is 0 Å². The third-order valence-electron chi connectivity index (χ3n) is 6.46. The second-order valence-electron chi connectivity index (χ2n) is 9.32. The zero-order valence-electron chi connectivity index (χ0n) is 18.3. The normalized spacial score (nSPS) is 27.1. The van der Waals surface area contributed by atoms with E-state index in [1.165, 1.54) is 5.56 Å². The molecular weight excluding hydrogens is 416 g/mol. The molecule has 2 aromatic rings. The van der Waals surface area contributed by atoms with Crippen molar-refractivity contribution in [1.82, 2.24) is 0 Å². The molecule has 0 bridgehead atoms. The molecule has 0 aromatic heterocycles. The average molecular weight is 447 g/mol. The number of ether oxygens (including phenoxy) is 2. The molecule has 1 saturated heterocycles. The number of aryl methyl sites for hydroxylation is 1. The van der Waals surface area contributed by atoms with Crippen LogP contribution < -0.4 is 4.74 Å². The molecule has 31 heavy (non-hydrogen) atoms. The van der Waals surface area contributed by atoms with Crippen LogP contribution in [0.1, 0.15) is 61.1 Å². The first-order valence-electron chi connectivity index (χ1n) is 10.9. The van der Waals surface area contributed by atoms with Crippen LogP contribution in [-0.4, -0.2) is 46.8 Å². The Morgan fingerprint density at radius 2 is 1.81 bits per heavy atom. The summed E-state index contributed by atoms with van der Waals surface area (Å²) in [6, 6.07) is 10.4. The summed E-state index contributed by atoms with van der Waals surface area (Å²) in [5.41, 5.74) is 4.63. The molecule has 0 saturated carbocycles. The minimum Gasteiger partial charge on any atom is -0.492 e. The van der Waals surface area contributed by atoms with Crippen molar-refractivity contribution in [3.8, 4) is 5.75 Å². The van der Waals surface area contributed by atoms with Gasteiger partial charge < -0.3 is 24.8 Å². The fourth-order valence-electron chi connectivity index (χ4n) is 4.59. The maximum atomic E-state index is 10.7. The van der Waals surface area contributed by atoms with Gasteiger partial charge in [0.1, 0.15) is 18.0 Å². The maximum absolute atomic E-state index is 10.7. The SMILES string of the molecule is CCc1ccc(Cc2cc(C3OC(CO)CC(O)C3O)c3c(c2Cl)C(C)(C)CO3)cc1. The molecule has 5 nitrogen and oxygen atoms in total. The van der Waals surface area contributed by atoms with E-state index in [-0.39, 0.29) is 18.4 Å². The second-order valence-corrected chi connectivity index (χ2v) is 9.70.